The Hall–Kier alpha value is -1.60. The minimum absolute atomic E-state index is 0.759. The number of rotatable bonds is 4. The van der Waals surface area contributed by atoms with Crippen LogP contribution >= 0.6 is 0 Å². The zero-order valence-corrected chi connectivity index (χ0v) is 9.39. The summed E-state index contributed by atoms with van der Waals surface area (Å²) >= 11 is 0. The summed E-state index contributed by atoms with van der Waals surface area (Å²) in [7, 11) is 0. The molecule has 0 heterocycles. The van der Waals surface area contributed by atoms with E-state index in [2.05, 4.69) is 48.5 Å². The van der Waals surface area contributed by atoms with Crippen molar-refractivity contribution in [2.75, 3.05) is 6.54 Å². The third kappa shape index (κ3) is 2.71. The van der Waals surface area contributed by atoms with Gasteiger partial charge in [-0.25, -0.2) is 0 Å². The molecule has 0 aliphatic rings. The van der Waals surface area contributed by atoms with Crippen LogP contribution in [0.15, 0.2) is 54.6 Å². The lowest BCUT2D eigenvalue weighted by Crippen LogP contribution is -2.00. The summed E-state index contributed by atoms with van der Waals surface area (Å²) < 4.78 is 0. The Morgan fingerprint density at radius 3 is 2.31 bits per heavy atom. The van der Waals surface area contributed by atoms with E-state index in [0.717, 1.165) is 19.4 Å². The fourth-order valence-corrected chi connectivity index (χ4v) is 1.84. The fraction of sp³-hybridized carbons (Fsp3) is 0.200. The summed E-state index contributed by atoms with van der Waals surface area (Å²) in [5.74, 6) is 0. The lowest BCUT2D eigenvalue weighted by molar-refractivity contribution is 0.833. The lowest BCUT2D eigenvalue weighted by Gasteiger charge is -2.05. The van der Waals surface area contributed by atoms with Gasteiger partial charge in [0.15, 0.2) is 0 Å². The number of hydrogen-bond acceptors (Lipinski definition) is 1. The van der Waals surface area contributed by atoms with E-state index >= 15 is 0 Å². The number of aryl methyl sites for hydroxylation is 1. The maximum atomic E-state index is 5.53. The molecule has 2 aromatic rings. The van der Waals surface area contributed by atoms with Gasteiger partial charge in [-0.2, -0.15) is 0 Å². The van der Waals surface area contributed by atoms with E-state index in [0.29, 0.717) is 0 Å². The third-order valence-corrected chi connectivity index (χ3v) is 2.70. The minimum Gasteiger partial charge on any atom is -0.330 e. The zero-order chi connectivity index (χ0) is 11.2. The molecule has 0 aliphatic carbocycles. The van der Waals surface area contributed by atoms with Crippen molar-refractivity contribution in [2.45, 2.75) is 12.8 Å². The third-order valence-electron chi connectivity index (χ3n) is 2.70. The van der Waals surface area contributed by atoms with Crippen molar-refractivity contribution in [3.8, 4) is 11.1 Å². The molecule has 0 saturated carbocycles. The largest absolute Gasteiger partial charge is 0.330 e. The number of benzene rings is 2. The molecular weight excluding hydrogens is 194 g/mol. The Kier molecular flexibility index (Phi) is 3.73. The smallest absolute Gasteiger partial charge is 0.00741 e. The van der Waals surface area contributed by atoms with E-state index in [4.69, 9.17) is 5.73 Å². The minimum atomic E-state index is 0.759. The van der Waals surface area contributed by atoms with Gasteiger partial charge in [0, 0.05) is 0 Å². The van der Waals surface area contributed by atoms with Crippen molar-refractivity contribution in [3.05, 3.63) is 60.2 Å². The van der Waals surface area contributed by atoms with Crippen LogP contribution in [0.4, 0.5) is 0 Å². The average molecular weight is 211 g/mol. The molecule has 0 amide bonds. The second-order valence-electron chi connectivity index (χ2n) is 3.96. The summed E-state index contributed by atoms with van der Waals surface area (Å²) in [6.45, 7) is 0.759. The molecular formula is C15H17N. The summed E-state index contributed by atoms with van der Waals surface area (Å²) in [5.41, 5.74) is 9.46. The van der Waals surface area contributed by atoms with Gasteiger partial charge in [0.1, 0.15) is 0 Å². The Morgan fingerprint density at radius 1 is 0.812 bits per heavy atom. The number of hydrogen-bond donors (Lipinski definition) is 1. The molecule has 2 rings (SSSR count). The summed E-state index contributed by atoms with van der Waals surface area (Å²) in [6, 6.07) is 19.2. The van der Waals surface area contributed by atoms with Gasteiger partial charge < -0.3 is 5.73 Å². The van der Waals surface area contributed by atoms with Crippen molar-refractivity contribution < 1.29 is 0 Å². The molecule has 0 saturated heterocycles. The molecule has 1 heteroatoms. The highest BCUT2D eigenvalue weighted by Crippen LogP contribution is 2.20. The molecule has 0 aliphatic heterocycles. The van der Waals surface area contributed by atoms with Crippen LogP contribution in [0.5, 0.6) is 0 Å². The highest BCUT2D eigenvalue weighted by Gasteiger charge is 1.98. The van der Waals surface area contributed by atoms with Gasteiger partial charge in [0.25, 0.3) is 0 Å². The van der Waals surface area contributed by atoms with E-state index in [-0.39, 0.29) is 0 Å². The standard InChI is InChI=1S/C15H17N/c16-11-5-7-13-6-4-10-15(12-13)14-8-2-1-3-9-14/h1-4,6,8-10,12H,5,7,11,16H2. The van der Waals surface area contributed by atoms with E-state index in [1.54, 1.807) is 0 Å². The summed E-state index contributed by atoms with van der Waals surface area (Å²) in [5, 5.41) is 0. The van der Waals surface area contributed by atoms with Gasteiger partial charge in [0.05, 0.1) is 0 Å². The van der Waals surface area contributed by atoms with Crippen LogP contribution in [-0.2, 0) is 6.42 Å². The van der Waals surface area contributed by atoms with Gasteiger partial charge in [0.2, 0.25) is 0 Å². The van der Waals surface area contributed by atoms with Crippen molar-refractivity contribution >= 4 is 0 Å². The van der Waals surface area contributed by atoms with Crippen molar-refractivity contribution in [1.82, 2.24) is 0 Å². The molecule has 2 N–H and O–H groups in total. The van der Waals surface area contributed by atoms with Gasteiger partial charge >= 0.3 is 0 Å². The molecule has 2 aromatic carbocycles. The van der Waals surface area contributed by atoms with Crippen LogP contribution in [-0.4, -0.2) is 6.54 Å². The second-order valence-corrected chi connectivity index (χ2v) is 3.96. The molecule has 0 fully saturated rings. The maximum Gasteiger partial charge on any atom is -0.00741 e. The van der Waals surface area contributed by atoms with Gasteiger partial charge in [-0.3, -0.25) is 0 Å². The van der Waals surface area contributed by atoms with Crippen molar-refractivity contribution in [2.24, 2.45) is 5.73 Å². The highest BCUT2D eigenvalue weighted by molar-refractivity contribution is 5.63. The van der Waals surface area contributed by atoms with E-state index in [1.807, 2.05) is 6.07 Å². The maximum absolute atomic E-state index is 5.53. The van der Waals surface area contributed by atoms with Crippen LogP contribution < -0.4 is 5.73 Å². The number of nitrogens with two attached hydrogens (primary N) is 1. The molecule has 1 nitrogen and oxygen atoms in total. The zero-order valence-electron chi connectivity index (χ0n) is 9.39. The average Bonchev–Trinajstić information content (AvgIpc) is 2.38. The van der Waals surface area contributed by atoms with Crippen molar-refractivity contribution in [3.63, 3.8) is 0 Å². The van der Waals surface area contributed by atoms with E-state index < -0.39 is 0 Å². The molecule has 0 atom stereocenters. The second kappa shape index (κ2) is 5.47. The normalized spacial score (nSPS) is 10.3. The topological polar surface area (TPSA) is 26.0 Å². The SMILES string of the molecule is NCCCc1cccc(-c2ccccc2)c1. The summed E-state index contributed by atoms with van der Waals surface area (Å²) in [4.78, 5) is 0. The van der Waals surface area contributed by atoms with Crippen molar-refractivity contribution in [1.29, 1.82) is 0 Å². The van der Waals surface area contributed by atoms with Crippen LogP contribution in [0.2, 0.25) is 0 Å². The molecule has 0 spiro atoms. The summed E-state index contributed by atoms with van der Waals surface area (Å²) in [6.07, 6.45) is 2.12. The molecule has 82 valence electrons. The molecule has 0 bridgehead atoms. The van der Waals surface area contributed by atoms with Gasteiger partial charge in [-0.15, -0.1) is 0 Å². The Morgan fingerprint density at radius 2 is 1.56 bits per heavy atom. The molecule has 16 heavy (non-hydrogen) atoms. The van der Waals surface area contributed by atoms with Gasteiger partial charge in [-0.1, -0.05) is 54.6 Å². The highest BCUT2D eigenvalue weighted by atomic mass is 14.5. The Bertz CT molecular complexity index is 434. The predicted octanol–water partition coefficient (Wildman–Crippen LogP) is 3.24. The Labute approximate surface area is 96.9 Å². The molecule has 0 unspecified atom stereocenters. The predicted molar refractivity (Wildman–Crippen MR) is 69.3 cm³/mol. The van der Waals surface area contributed by atoms with Crippen LogP contribution in [0, 0.1) is 0 Å². The molecule has 0 radical (unpaired) electrons. The van der Waals surface area contributed by atoms with Gasteiger partial charge in [-0.05, 0) is 36.1 Å². The quantitative estimate of drug-likeness (QED) is 0.825. The monoisotopic (exact) mass is 211 g/mol. The van der Waals surface area contributed by atoms with E-state index in [9.17, 15) is 0 Å². The Balaban J connectivity index is 2.22. The van der Waals surface area contributed by atoms with Crippen LogP contribution in [0.25, 0.3) is 11.1 Å². The lowest BCUT2D eigenvalue weighted by atomic mass is 10.0. The first-order valence-electron chi connectivity index (χ1n) is 5.74. The first-order chi connectivity index (χ1) is 7.90. The first-order valence-corrected chi connectivity index (χ1v) is 5.74. The van der Waals surface area contributed by atoms with E-state index in [1.165, 1.54) is 16.7 Å². The van der Waals surface area contributed by atoms with Crippen LogP contribution in [0.1, 0.15) is 12.0 Å². The van der Waals surface area contributed by atoms with Crippen LogP contribution in [0.3, 0.4) is 0 Å². The molecule has 0 aromatic heterocycles. The fourth-order valence-electron chi connectivity index (χ4n) is 1.84. The first kappa shape index (κ1) is 10.9.